The molecule has 0 aromatic heterocycles. The molecule has 0 fully saturated rings. The number of hydrogen-bond acceptors (Lipinski definition) is 0. The molecule has 4 aliphatic carbocycles. The minimum atomic E-state index is -1.72. The molecular formula is C25H27BrSi. The third-order valence-corrected chi connectivity index (χ3v) is 11.9. The predicted octanol–water partition coefficient (Wildman–Crippen LogP) is 7.24. The standard InChI is InChI=1S/C25H27BrSi/c1-16-12-22-23(15-19-10-6-7-11-21(19)24(22)26)25(16)27(2,3)20-13-17-8-4-5-9-18(17)14-20/h4-5,8-9,12-13,15,24H,6-7,10-11,14H2,1-3H3. The first-order valence-corrected chi connectivity index (χ1v) is 14.2. The molecular weight excluding hydrogens is 408 g/mol. The zero-order valence-electron chi connectivity index (χ0n) is 16.5. The Labute approximate surface area is 172 Å². The number of hydrogen-bond donors (Lipinski definition) is 0. The van der Waals surface area contributed by atoms with Crippen molar-refractivity contribution in [2.24, 2.45) is 0 Å². The number of benzene rings is 1. The molecule has 1 unspecified atom stereocenters. The largest absolute Gasteiger partial charge is 0.109 e. The van der Waals surface area contributed by atoms with Gasteiger partial charge < -0.3 is 0 Å². The van der Waals surface area contributed by atoms with Crippen LogP contribution in [0, 0.1) is 0 Å². The number of fused-ring (bicyclic) bond motifs is 2. The summed E-state index contributed by atoms with van der Waals surface area (Å²) >= 11 is 4.07. The van der Waals surface area contributed by atoms with Crippen LogP contribution in [0.15, 0.2) is 74.7 Å². The van der Waals surface area contributed by atoms with Gasteiger partial charge in [0.25, 0.3) is 0 Å². The lowest BCUT2D eigenvalue weighted by molar-refractivity contribution is 0.669. The van der Waals surface area contributed by atoms with Crippen LogP contribution < -0.4 is 0 Å². The summed E-state index contributed by atoms with van der Waals surface area (Å²) in [5.41, 5.74) is 10.8. The van der Waals surface area contributed by atoms with E-state index in [1.165, 1.54) is 48.0 Å². The number of halogens is 1. The maximum absolute atomic E-state index is 4.07. The average Bonchev–Trinajstić information content (AvgIpc) is 3.23. The van der Waals surface area contributed by atoms with Crippen LogP contribution in [-0.4, -0.2) is 12.9 Å². The summed E-state index contributed by atoms with van der Waals surface area (Å²) in [5.74, 6) is 0. The molecule has 0 saturated heterocycles. The van der Waals surface area contributed by atoms with E-state index in [0.717, 1.165) is 6.42 Å². The molecule has 4 aliphatic rings. The quantitative estimate of drug-likeness (QED) is 0.339. The number of rotatable bonds is 2. The minimum Gasteiger partial charge on any atom is -0.0790 e. The molecule has 0 saturated carbocycles. The highest BCUT2D eigenvalue weighted by molar-refractivity contribution is 9.09. The van der Waals surface area contributed by atoms with E-state index in [1.54, 1.807) is 27.1 Å². The third-order valence-electron chi connectivity index (χ3n) is 6.99. The Kier molecular flexibility index (Phi) is 4.14. The van der Waals surface area contributed by atoms with Gasteiger partial charge in [-0.05, 0) is 77.6 Å². The molecule has 5 rings (SSSR count). The maximum Gasteiger partial charge on any atom is 0.109 e. The van der Waals surface area contributed by atoms with Gasteiger partial charge in [0, 0.05) is 0 Å². The van der Waals surface area contributed by atoms with E-state index < -0.39 is 8.07 Å². The Hall–Kier alpha value is -1.38. The SMILES string of the molecule is CC1=C([Si](C)(C)C2=Cc3ccccc3C2)C2=CC3=C(CCCC3)C(Br)C2=C1. The van der Waals surface area contributed by atoms with Gasteiger partial charge in [0.2, 0.25) is 0 Å². The summed E-state index contributed by atoms with van der Waals surface area (Å²) in [6.07, 6.45) is 13.9. The highest BCUT2D eigenvalue weighted by Gasteiger charge is 2.41. The van der Waals surface area contributed by atoms with Crippen molar-refractivity contribution in [1.82, 2.24) is 0 Å². The van der Waals surface area contributed by atoms with E-state index in [9.17, 15) is 0 Å². The Morgan fingerprint density at radius 1 is 1.00 bits per heavy atom. The second-order valence-electron chi connectivity index (χ2n) is 9.01. The molecule has 0 aliphatic heterocycles. The topological polar surface area (TPSA) is 0 Å². The molecule has 1 aromatic rings. The van der Waals surface area contributed by atoms with Crippen LogP contribution in [0.25, 0.3) is 6.08 Å². The van der Waals surface area contributed by atoms with Crippen LogP contribution in [0.2, 0.25) is 13.1 Å². The molecule has 1 aromatic carbocycles. The van der Waals surface area contributed by atoms with Crippen molar-refractivity contribution < 1.29 is 0 Å². The van der Waals surface area contributed by atoms with Gasteiger partial charge in [-0.3, -0.25) is 0 Å². The predicted molar refractivity (Wildman–Crippen MR) is 123 cm³/mol. The summed E-state index contributed by atoms with van der Waals surface area (Å²) in [6.45, 7) is 7.47. The third kappa shape index (κ3) is 2.67. The molecule has 1 atom stereocenters. The van der Waals surface area contributed by atoms with E-state index in [2.05, 4.69) is 78.4 Å². The van der Waals surface area contributed by atoms with Gasteiger partial charge >= 0.3 is 0 Å². The second-order valence-corrected chi connectivity index (χ2v) is 14.3. The Morgan fingerprint density at radius 3 is 2.59 bits per heavy atom. The van der Waals surface area contributed by atoms with Gasteiger partial charge in [0.05, 0.1) is 4.83 Å². The lowest BCUT2D eigenvalue weighted by Crippen LogP contribution is -2.34. The molecule has 138 valence electrons. The van der Waals surface area contributed by atoms with Crippen LogP contribution in [0.5, 0.6) is 0 Å². The molecule has 0 radical (unpaired) electrons. The lowest BCUT2D eigenvalue weighted by atomic mass is 9.81. The molecule has 2 heteroatoms. The van der Waals surface area contributed by atoms with Crippen molar-refractivity contribution in [1.29, 1.82) is 0 Å². The van der Waals surface area contributed by atoms with Gasteiger partial charge in [-0.2, -0.15) is 0 Å². The number of alkyl halides is 1. The molecule has 0 N–H and O–H groups in total. The zero-order chi connectivity index (χ0) is 18.8. The summed E-state index contributed by atoms with van der Waals surface area (Å²) in [4.78, 5) is 0.430. The molecule has 0 bridgehead atoms. The zero-order valence-corrected chi connectivity index (χ0v) is 19.1. The highest BCUT2D eigenvalue weighted by atomic mass is 79.9. The van der Waals surface area contributed by atoms with Crippen LogP contribution in [0.1, 0.15) is 43.7 Å². The van der Waals surface area contributed by atoms with Crippen molar-refractivity contribution in [2.75, 3.05) is 0 Å². The Bertz CT molecular complexity index is 997. The van der Waals surface area contributed by atoms with E-state index >= 15 is 0 Å². The number of allylic oxidation sites excluding steroid dienone is 9. The lowest BCUT2D eigenvalue weighted by Gasteiger charge is -2.34. The first-order chi connectivity index (χ1) is 13.0. The van der Waals surface area contributed by atoms with Crippen LogP contribution in [0.3, 0.4) is 0 Å². The monoisotopic (exact) mass is 434 g/mol. The van der Waals surface area contributed by atoms with E-state index in [0.29, 0.717) is 4.83 Å². The van der Waals surface area contributed by atoms with Crippen LogP contribution in [0.4, 0.5) is 0 Å². The first kappa shape index (κ1) is 17.7. The molecule has 0 amide bonds. The van der Waals surface area contributed by atoms with Crippen molar-refractivity contribution in [2.45, 2.75) is 56.9 Å². The fraction of sp³-hybridized carbons (Fsp3) is 0.360. The average molecular weight is 435 g/mol. The van der Waals surface area contributed by atoms with Gasteiger partial charge in [-0.15, -0.1) is 0 Å². The highest BCUT2D eigenvalue weighted by Crippen LogP contribution is 2.50. The van der Waals surface area contributed by atoms with Gasteiger partial charge in [0.1, 0.15) is 8.07 Å². The van der Waals surface area contributed by atoms with Crippen molar-refractivity contribution in [3.05, 3.63) is 85.8 Å². The van der Waals surface area contributed by atoms with Gasteiger partial charge in [-0.1, -0.05) is 82.3 Å². The summed E-state index contributed by atoms with van der Waals surface area (Å²) in [7, 11) is -1.72. The van der Waals surface area contributed by atoms with Crippen molar-refractivity contribution in [3.8, 4) is 0 Å². The fourth-order valence-electron chi connectivity index (χ4n) is 5.54. The first-order valence-electron chi connectivity index (χ1n) is 10.3. The smallest absolute Gasteiger partial charge is 0.0790 e. The van der Waals surface area contributed by atoms with Crippen molar-refractivity contribution in [3.63, 3.8) is 0 Å². The fourth-order valence-corrected chi connectivity index (χ4v) is 9.86. The second kappa shape index (κ2) is 6.32. The summed E-state index contributed by atoms with van der Waals surface area (Å²) in [5, 5.41) is 3.36. The Morgan fingerprint density at radius 2 is 1.78 bits per heavy atom. The summed E-state index contributed by atoms with van der Waals surface area (Å²) < 4.78 is 0. The Balaban J connectivity index is 1.57. The minimum absolute atomic E-state index is 0.430. The van der Waals surface area contributed by atoms with Gasteiger partial charge in [0.15, 0.2) is 0 Å². The van der Waals surface area contributed by atoms with E-state index in [4.69, 9.17) is 0 Å². The van der Waals surface area contributed by atoms with E-state index in [-0.39, 0.29) is 0 Å². The molecule has 0 heterocycles. The molecule has 0 nitrogen and oxygen atoms in total. The van der Waals surface area contributed by atoms with Crippen LogP contribution >= 0.6 is 15.9 Å². The van der Waals surface area contributed by atoms with Gasteiger partial charge in [-0.25, -0.2) is 0 Å². The van der Waals surface area contributed by atoms with E-state index in [1.807, 2.05) is 0 Å². The van der Waals surface area contributed by atoms with Crippen molar-refractivity contribution >= 4 is 30.1 Å². The maximum atomic E-state index is 4.07. The van der Waals surface area contributed by atoms with Crippen LogP contribution in [-0.2, 0) is 6.42 Å². The normalized spacial score (nSPS) is 24.3. The molecule has 27 heavy (non-hydrogen) atoms. The summed E-state index contributed by atoms with van der Waals surface area (Å²) in [6, 6.07) is 8.93. The molecule has 0 spiro atoms.